The molecule has 1 atom stereocenters. The first-order chi connectivity index (χ1) is 10.0. The first kappa shape index (κ1) is 13.8. The van der Waals surface area contributed by atoms with Crippen LogP contribution in [-0.2, 0) is 25.1 Å². The van der Waals surface area contributed by atoms with E-state index in [4.69, 9.17) is 4.74 Å². The first-order valence-corrected chi connectivity index (χ1v) is 7.95. The minimum atomic E-state index is -3.77. The van der Waals surface area contributed by atoms with Crippen molar-refractivity contribution in [1.82, 2.24) is 9.71 Å². The van der Waals surface area contributed by atoms with Gasteiger partial charge in [0.05, 0.1) is 17.2 Å². The van der Waals surface area contributed by atoms with E-state index in [0.717, 1.165) is 0 Å². The lowest BCUT2D eigenvalue weighted by molar-refractivity contribution is -0.149. The second kappa shape index (κ2) is 4.71. The van der Waals surface area contributed by atoms with Crippen molar-refractivity contribution in [3.05, 3.63) is 53.9 Å². The molecule has 0 fully saturated rings. The van der Waals surface area contributed by atoms with E-state index in [-0.39, 0.29) is 11.5 Å². The van der Waals surface area contributed by atoms with Crippen LogP contribution in [0.3, 0.4) is 0 Å². The molecule has 0 aliphatic carbocycles. The molecule has 0 saturated heterocycles. The maximum Gasteiger partial charge on any atom is 0.338 e. The molecule has 0 saturated carbocycles. The molecule has 6 nitrogen and oxygen atoms in total. The third-order valence-corrected chi connectivity index (χ3v) is 4.96. The molecule has 1 aromatic heterocycles. The Kier molecular flexibility index (Phi) is 3.11. The van der Waals surface area contributed by atoms with E-state index in [1.165, 1.54) is 6.07 Å². The van der Waals surface area contributed by atoms with E-state index >= 15 is 0 Å². The Bertz CT molecular complexity index is 783. The quantitative estimate of drug-likeness (QED) is 0.832. The number of aromatic nitrogens is 1. The number of benzene rings is 1. The highest BCUT2D eigenvalue weighted by molar-refractivity contribution is 7.90. The molecule has 3 rings (SSSR count). The predicted octanol–water partition coefficient (Wildman–Crippen LogP) is 1.11. The third kappa shape index (κ3) is 1.89. The van der Waals surface area contributed by atoms with Gasteiger partial charge in [-0.15, -0.1) is 0 Å². The monoisotopic (exact) mass is 306 g/mol. The number of nitrogens with one attached hydrogen (secondary N) is 2. The summed E-state index contributed by atoms with van der Waals surface area (Å²) >= 11 is 0. The van der Waals surface area contributed by atoms with Gasteiger partial charge in [-0.3, -0.25) is 0 Å². The number of fused-ring (bicyclic) bond motifs is 1. The lowest BCUT2D eigenvalue weighted by Gasteiger charge is -2.26. The largest absolute Gasteiger partial charge is 0.464 e. The van der Waals surface area contributed by atoms with Gasteiger partial charge in [-0.1, -0.05) is 18.2 Å². The van der Waals surface area contributed by atoms with Crippen molar-refractivity contribution in [3.8, 4) is 0 Å². The van der Waals surface area contributed by atoms with Gasteiger partial charge >= 0.3 is 5.97 Å². The third-order valence-electron chi connectivity index (χ3n) is 3.45. The van der Waals surface area contributed by atoms with E-state index in [2.05, 4.69) is 9.71 Å². The van der Waals surface area contributed by atoms with Gasteiger partial charge in [-0.25, -0.2) is 13.2 Å². The van der Waals surface area contributed by atoms with Crippen molar-refractivity contribution in [2.75, 3.05) is 6.61 Å². The Labute approximate surface area is 122 Å². The lowest BCUT2D eigenvalue weighted by atomic mass is 9.88. The molecule has 7 heteroatoms. The van der Waals surface area contributed by atoms with E-state index in [1.54, 1.807) is 43.5 Å². The number of sulfonamides is 1. The topological polar surface area (TPSA) is 88.3 Å². The molecule has 1 aliphatic rings. The second-order valence-corrected chi connectivity index (χ2v) is 6.31. The van der Waals surface area contributed by atoms with E-state index in [9.17, 15) is 13.2 Å². The molecule has 0 unspecified atom stereocenters. The molecule has 0 bridgehead atoms. The average Bonchev–Trinajstić information content (AvgIpc) is 3.06. The van der Waals surface area contributed by atoms with Gasteiger partial charge in [0, 0.05) is 11.8 Å². The maximum absolute atomic E-state index is 12.5. The Morgan fingerprint density at radius 1 is 1.24 bits per heavy atom. The van der Waals surface area contributed by atoms with Crippen LogP contribution < -0.4 is 4.72 Å². The van der Waals surface area contributed by atoms with Crippen LogP contribution in [0.2, 0.25) is 0 Å². The van der Waals surface area contributed by atoms with Crippen LogP contribution >= 0.6 is 0 Å². The molecule has 2 heterocycles. The minimum absolute atomic E-state index is 0.0904. The first-order valence-electron chi connectivity index (χ1n) is 6.47. The number of hydrogen-bond acceptors (Lipinski definition) is 4. The molecule has 1 aliphatic heterocycles. The smallest absolute Gasteiger partial charge is 0.338 e. The number of H-pyrrole nitrogens is 1. The number of esters is 1. The Morgan fingerprint density at radius 3 is 2.67 bits per heavy atom. The predicted molar refractivity (Wildman–Crippen MR) is 75.0 cm³/mol. The normalized spacial score (nSPS) is 22.7. The molecule has 0 spiro atoms. The van der Waals surface area contributed by atoms with Crippen molar-refractivity contribution in [2.24, 2.45) is 0 Å². The summed E-state index contributed by atoms with van der Waals surface area (Å²) in [4.78, 5) is 15.5. The van der Waals surface area contributed by atoms with Gasteiger partial charge < -0.3 is 9.72 Å². The van der Waals surface area contributed by atoms with E-state index in [0.29, 0.717) is 11.3 Å². The Morgan fingerprint density at radius 2 is 2.00 bits per heavy atom. The summed E-state index contributed by atoms with van der Waals surface area (Å²) in [6.45, 7) is 1.83. The zero-order valence-electron chi connectivity index (χ0n) is 11.3. The number of rotatable bonds is 3. The van der Waals surface area contributed by atoms with Gasteiger partial charge in [0.25, 0.3) is 0 Å². The van der Waals surface area contributed by atoms with Crippen molar-refractivity contribution < 1.29 is 17.9 Å². The molecule has 21 heavy (non-hydrogen) atoms. The summed E-state index contributed by atoms with van der Waals surface area (Å²) in [6, 6.07) is 9.76. The zero-order valence-corrected chi connectivity index (χ0v) is 12.1. The van der Waals surface area contributed by atoms with Crippen LogP contribution in [-0.4, -0.2) is 26.0 Å². The lowest BCUT2D eigenvalue weighted by Crippen LogP contribution is -2.48. The van der Waals surface area contributed by atoms with Gasteiger partial charge in [-0.2, -0.15) is 4.72 Å². The second-order valence-electron chi connectivity index (χ2n) is 4.66. The Hall–Kier alpha value is -2.12. The number of hydrogen-bond donors (Lipinski definition) is 2. The molecular weight excluding hydrogens is 292 g/mol. The van der Waals surface area contributed by atoms with Gasteiger partial charge in [-0.05, 0) is 25.1 Å². The molecule has 2 aromatic rings. The van der Waals surface area contributed by atoms with Crippen LogP contribution in [0.4, 0.5) is 0 Å². The number of ether oxygens (including phenoxy) is 1. The maximum atomic E-state index is 12.5. The highest BCUT2D eigenvalue weighted by Gasteiger charge is 2.55. The summed E-state index contributed by atoms with van der Waals surface area (Å²) in [5.74, 6) is -0.652. The molecule has 2 N–H and O–H groups in total. The number of carbonyl (C=O) groups excluding carboxylic acids is 1. The van der Waals surface area contributed by atoms with Crippen molar-refractivity contribution in [3.63, 3.8) is 0 Å². The molecule has 0 radical (unpaired) electrons. The SMILES string of the molecule is CCOC(=O)[C@]1(c2ccc[nH]2)NS(=O)(=O)c2ccccc21. The van der Waals surface area contributed by atoms with Gasteiger partial charge in [0.1, 0.15) is 0 Å². The molecule has 1 aromatic carbocycles. The summed E-state index contributed by atoms with van der Waals surface area (Å²) in [6.07, 6.45) is 1.63. The molecule has 110 valence electrons. The van der Waals surface area contributed by atoms with Crippen LogP contribution in [0.1, 0.15) is 18.2 Å². The average molecular weight is 306 g/mol. The fourth-order valence-corrected chi connectivity index (χ4v) is 4.17. The highest BCUT2D eigenvalue weighted by atomic mass is 32.2. The van der Waals surface area contributed by atoms with Crippen molar-refractivity contribution in [1.29, 1.82) is 0 Å². The fourth-order valence-electron chi connectivity index (χ4n) is 2.59. The van der Waals surface area contributed by atoms with Crippen LogP contribution in [0.25, 0.3) is 0 Å². The fraction of sp³-hybridized carbons (Fsp3) is 0.214. The minimum Gasteiger partial charge on any atom is -0.464 e. The van der Waals surface area contributed by atoms with Gasteiger partial charge in [0.2, 0.25) is 10.0 Å². The van der Waals surface area contributed by atoms with Crippen molar-refractivity contribution >= 4 is 16.0 Å². The van der Waals surface area contributed by atoms with Gasteiger partial charge in [0.15, 0.2) is 5.54 Å². The summed E-state index contributed by atoms with van der Waals surface area (Å²) in [7, 11) is -3.77. The van der Waals surface area contributed by atoms with Crippen LogP contribution in [0.5, 0.6) is 0 Å². The van der Waals surface area contributed by atoms with Crippen LogP contribution in [0, 0.1) is 0 Å². The summed E-state index contributed by atoms with van der Waals surface area (Å²) in [5.41, 5.74) is -0.769. The summed E-state index contributed by atoms with van der Waals surface area (Å²) in [5, 5.41) is 0. The Balaban J connectivity index is 2.31. The van der Waals surface area contributed by atoms with E-state index in [1.807, 2.05) is 0 Å². The number of aromatic amines is 1. The van der Waals surface area contributed by atoms with E-state index < -0.39 is 21.5 Å². The number of carbonyl (C=O) groups is 1. The molecular formula is C14H14N2O4S. The van der Waals surface area contributed by atoms with Crippen LogP contribution in [0.15, 0.2) is 47.5 Å². The summed E-state index contributed by atoms with van der Waals surface area (Å²) < 4.78 is 32.3. The van der Waals surface area contributed by atoms with Crippen molar-refractivity contribution in [2.45, 2.75) is 17.4 Å². The molecule has 0 amide bonds. The highest BCUT2D eigenvalue weighted by Crippen LogP contribution is 2.40. The zero-order chi connectivity index (χ0) is 15.1. The standard InChI is InChI=1S/C14H14N2O4S/c1-2-20-13(17)14(12-8-5-9-15-12)10-6-3-4-7-11(10)21(18,19)16-14/h3-9,15-16H,2H2,1H3/t14-/m0/s1.